The van der Waals surface area contributed by atoms with Gasteiger partial charge in [0.05, 0.1) is 15.4 Å². The molecule has 0 aliphatic rings. The molecule has 0 N–H and O–H groups in total. The lowest BCUT2D eigenvalue weighted by atomic mass is 10.1. The second-order valence-corrected chi connectivity index (χ2v) is 3.68. The van der Waals surface area contributed by atoms with E-state index in [2.05, 4.69) is 6.58 Å². The van der Waals surface area contributed by atoms with Gasteiger partial charge in [-0.25, -0.2) is 4.79 Å². The Kier molecular flexibility index (Phi) is 4.30. The Hall–Kier alpha value is -2.77. The van der Waals surface area contributed by atoms with Crippen LogP contribution < -0.4 is 0 Å². The van der Waals surface area contributed by atoms with Crippen LogP contribution in [0.25, 0.3) is 0 Å². The second-order valence-electron chi connectivity index (χ2n) is 3.68. The summed E-state index contributed by atoms with van der Waals surface area (Å²) in [6.45, 7) is 4.35. The fraction of sp³-hybridized carbons (Fsp3) is 0.182. The van der Waals surface area contributed by atoms with Crippen molar-refractivity contribution >= 4 is 17.3 Å². The van der Waals surface area contributed by atoms with Crippen molar-refractivity contribution in [3.63, 3.8) is 0 Å². The molecule has 0 aromatic heterocycles. The maximum Gasteiger partial charge on any atom is 0.333 e. The van der Waals surface area contributed by atoms with Crippen LogP contribution in [0.5, 0.6) is 0 Å². The van der Waals surface area contributed by atoms with Crippen molar-refractivity contribution in [2.24, 2.45) is 0 Å². The number of nitrogens with zero attached hydrogens (tertiary/aromatic N) is 2. The van der Waals surface area contributed by atoms with E-state index >= 15 is 0 Å². The number of nitro groups is 2. The van der Waals surface area contributed by atoms with Crippen molar-refractivity contribution in [2.75, 3.05) is 0 Å². The number of carbonyl (C=O) groups is 1. The summed E-state index contributed by atoms with van der Waals surface area (Å²) in [6, 6.07) is 3.02. The SMILES string of the molecule is C=C(C)C(=O)OCc1cc([N+](=O)[O-])ccc1[N+](=O)[O-]. The summed E-state index contributed by atoms with van der Waals surface area (Å²) in [5.74, 6) is -0.721. The lowest BCUT2D eigenvalue weighted by Crippen LogP contribution is -2.07. The molecule has 0 saturated carbocycles. The van der Waals surface area contributed by atoms with Crippen molar-refractivity contribution in [3.8, 4) is 0 Å². The quantitative estimate of drug-likeness (QED) is 0.349. The summed E-state index contributed by atoms with van der Waals surface area (Å²) in [4.78, 5) is 31.2. The van der Waals surface area contributed by atoms with Gasteiger partial charge in [-0.1, -0.05) is 6.58 Å². The Labute approximate surface area is 107 Å². The predicted octanol–water partition coefficient (Wildman–Crippen LogP) is 2.12. The molecule has 0 saturated heterocycles. The molecule has 0 aliphatic carbocycles. The van der Waals surface area contributed by atoms with E-state index in [-0.39, 0.29) is 22.5 Å². The molecule has 8 heteroatoms. The third-order valence-electron chi connectivity index (χ3n) is 2.18. The van der Waals surface area contributed by atoms with Crippen LogP contribution in [0.15, 0.2) is 30.4 Å². The van der Waals surface area contributed by atoms with Crippen molar-refractivity contribution in [1.29, 1.82) is 0 Å². The molecule has 0 fully saturated rings. The number of hydrogen-bond acceptors (Lipinski definition) is 6. The zero-order valence-electron chi connectivity index (χ0n) is 9.99. The van der Waals surface area contributed by atoms with E-state index in [0.717, 1.165) is 18.2 Å². The summed E-state index contributed by atoms with van der Waals surface area (Å²) in [6.07, 6.45) is 0. The molecule has 1 aromatic rings. The Balaban J connectivity index is 3.04. The average Bonchev–Trinajstić information content (AvgIpc) is 2.34. The molecule has 19 heavy (non-hydrogen) atoms. The zero-order valence-corrected chi connectivity index (χ0v) is 9.99. The van der Waals surface area contributed by atoms with Gasteiger partial charge in [-0.2, -0.15) is 0 Å². The molecular formula is C11H10N2O6. The minimum Gasteiger partial charge on any atom is -0.457 e. The molecule has 100 valence electrons. The Morgan fingerprint density at radius 1 is 1.32 bits per heavy atom. The highest BCUT2D eigenvalue weighted by Crippen LogP contribution is 2.24. The minimum atomic E-state index is -0.721. The number of non-ortho nitro benzene ring substituents is 1. The molecule has 0 atom stereocenters. The van der Waals surface area contributed by atoms with Crippen molar-refractivity contribution < 1.29 is 19.4 Å². The molecule has 1 rings (SSSR count). The van der Waals surface area contributed by atoms with Crippen LogP contribution in [0.4, 0.5) is 11.4 Å². The topological polar surface area (TPSA) is 113 Å². The highest BCUT2D eigenvalue weighted by molar-refractivity contribution is 5.86. The molecule has 8 nitrogen and oxygen atoms in total. The summed E-state index contributed by atoms with van der Waals surface area (Å²) in [5, 5.41) is 21.4. The number of carbonyl (C=O) groups excluding carboxylic acids is 1. The third-order valence-corrected chi connectivity index (χ3v) is 2.18. The van der Waals surface area contributed by atoms with E-state index in [9.17, 15) is 25.0 Å². The fourth-order valence-electron chi connectivity index (χ4n) is 1.25. The number of hydrogen-bond donors (Lipinski definition) is 0. The number of ether oxygens (including phenoxy) is 1. The van der Waals surface area contributed by atoms with Gasteiger partial charge in [0, 0.05) is 23.8 Å². The van der Waals surface area contributed by atoms with E-state index < -0.39 is 22.4 Å². The highest BCUT2D eigenvalue weighted by Gasteiger charge is 2.19. The molecule has 0 amide bonds. The van der Waals surface area contributed by atoms with Crippen molar-refractivity contribution in [3.05, 3.63) is 56.1 Å². The monoisotopic (exact) mass is 266 g/mol. The lowest BCUT2D eigenvalue weighted by Gasteiger charge is -2.05. The largest absolute Gasteiger partial charge is 0.457 e. The normalized spacial score (nSPS) is 9.74. The predicted molar refractivity (Wildman–Crippen MR) is 64.4 cm³/mol. The molecule has 1 aromatic carbocycles. The number of esters is 1. The average molecular weight is 266 g/mol. The number of benzene rings is 1. The van der Waals surface area contributed by atoms with E-state index in [1.54, 1.807) is 0 Å². The van der Waals surface area contributed by atoms with Crippen LogP contribution >= 0.6 is 0 Å². The first-order chi connectivity index (χ1) is 8.82. The van der Waals surface area contributed by atoms with Gasteiger partial charge in [0.2, 0.25) is 0 Å². The molecule has 0 radical (unpaired) electrons. The van der Waals surface area contributed by atoms with Crippen LogP contribution in [-0.4, -0.2) is 15.8 Å². The van der Waals surface area contributed by atoms with Gasteiger partial charge < -0.3 is 4.74 Å². The van der Waals surface area contributed by atoms with Gasteiger partial charge in [0.1, 0.15) is 6.61 Å². The lowest BCUT2D eigenvalue weighted by molar-refractivity contribution is -0.389. The Morgan fingerprint density at radius 3 is 2.42 bits per heavy atom. The summed E-state index contributed by atoms with van der Waals surface area (Å²) in [7, 11) is 0. The van der Waals surface area contributed by atoms with E-state index in [1.165, 1.54) is 6.92 Å². The molecule has 0 aliphatic heterocycles. The van der Waals surface area contributed by atoms with Gasteiger partial charge in [-0.3, -0.25) is 20.2 Å². The smallest absolute Gasteiger partial charge is 0.333 e. The van der Waals surface area contributed by atoms with E-state index in [4.69, 9.17) is 4.74 Å². The number of nitro benzene ring substituents is 2. The van der Waals surface area contributed by atoms with E-state index in [0.29, 0.717) is 0 Å². The maximum atomic E-state index is 11.2. The van der Waals surface area contributed by atoms with Crippen LogP contribution in [-0.2, 0) is 16.1 Å². The molecule has 0 spiro atoms. The van der Waals surface area contributed by atoms with Gasteiger partial charge in [0.25, 0.3) is 11.4 Å². The van der Waals surface area contributed by atoms with Crippen LogP contribution in [0, 0.1) is 20.2 Å². The maximum absolute atomic E-state index is 11.2. The summed E-state index contributed by atoms with van der Waals surface area (Å²) in [5.41, 5.74) is -0.575. The first kappa shape index (κ1) is 14.3. The first-order valence-corrected chi connectivity index (χ1v) is 5.07. The van der Waals surface area contributed by atoms with Crippen molar-refractivity contribution in [1.82, 2.24) is 0 Å². The van der Waals surface area contributed by atoms with Gasteiger partial charge >= 0.3 is 5.97 Å². The zero-order chi connectivity index (χ0) is 14.6. The Morgan fingerprint density at radius 2 is 1.95 bits per heavy atom. The van der Waals surface area contributed by atoms with Crippen molar-refractivity contribution in [2.45, 2.75) is 13.5 Å². The molecule has 0 unspecified atom stereocenters. The second kappa shape index (κ2) is 5.71. The van der Waals surface area contributed by atoms with Gasteiger partial charge in [0.15, 0.2) is 0 Å². The Bertz CT molecular complexity index is 566. The highest BCUT2D eigenvalue weighted by atomic mass is 16.6. The first-order valence-electron chi connectivity index (χ1n) is 5.07. The summed E-state index contributed by atoms with van der Waals surface area (Å²) >= 11 is 0. The van der Waals surface area contributed by atoms with Gasteiger partial charge in [-0.15, -0.1) is 0 Å². The summed E-state index contributed by atoms with van der Waals surface area (Å²) < 4.78 is 4.75. The standard InChI is InChI=1S/C11H10N2O6/c1-7(2)11(14)19-6-8-5-9(12(15)16)3-4-10(8)13(17)18/h3-5H,1,6H2,2H3. The van der Waals surface area contributed by atoms with Crippen LogP contribution in [0.1, 0.15) is 12.5 Å². The molecular weight excluding hydrogens is 256 g/mol. The molecule has 0 bridgehead atoms. The fourth-order valence-corrected chi connectivity index (χ4v) is 1.25. The minimum absolute atomic E-state index is 0.0474. The third kappa shape index (κ3) is 3.60. The van der Waals surface area contributed by atoms with E-state index in [1.807, 2.05) is 0 Å². The molecule has 0 heterocycles. The van der Waals surface area contributed by atoms with Crippen LogP contribution in [0.2, 0.25) is 0 Å². The van der Waals surface area contributed by atoms with Crippen LogP contribution in [0.3, 0.4) is 0 Å². The number of rotatable bonds is 5. The van der Waals surface area contributed by atoms with Gasteiger partial charge in [-0.05, 0) is 6.92 Å².